The van der Waals surface area contributed by atoms with Gasteiger partial charge < -0.3 is 9.72 Å². The molecule has 2 aromatic heterocycles. The van der Waals surface area contributed by atoms with E-state index in [4.69, 9.17) is 16.3 Å². The van der Waals surface area contributed by atoms with Gasteiger partial charge in [-0.3, -0.25) is 4.79 Å². The number of aromatic amines is 1. The molecule has 1 atom stereocenters. The van der Waals surface area contributed by atoms with E-state index in [1.54, 1.807) is 0 Å². The minimum atomic E-state index is -0.303. The molecule has 0 fully saturated rings. The van der Waals surface area contributed by atoms with Crippen LogP contribution in [0.15, 0.2) is 30.3 Å². The van der Waals surface area contributed by atoms with Crippen LogP contribution >= 0.6 is 45.5 Å². The molecule has 0 saturated carbocycles. The summed E-state index contributed by atoms with van der Waals surface area (Å²) in [5.74, 6) is -0.515. The molecule has 0 amide bonds. The molecule has 0 saturated heterocycles. The summed E-state index contributed by atoms with van der Waals surface area (Å²) in [6, 6.07) is 10.1. The number of H-pyrrole nitrogens is 1. The number of benzene rings is 1. The van der Waals surface area contributed by atoms with Gasteiger partial charge in [0, 0.05) is 20.0 Å². The molecule has 3 nitrogen and oxygen atoms in total. The van der Waals surface area contributed by atoms with Gasteiger partial charge in [0.1, 0.15) is 0 Å². The smallest absolute Gasteiger partial charge is 0.313 e. The Hall–Kier alpha value is -1.05. The van der Waals surface area contributed by atoms with Gasteiger partial charge in [-0.05, 0) is 59.3 Å². The first-order valence-corrected chi connectivity index (χ1v) is 9.47. The molecule has 2 heterocycles. The van der Waals surface area contributed by atoms with Crippen LogP contribution in [-0.2, 0) is 9.53 Å². The third-order valence-electron chi connectivity index (χ3n) is 3.86. The molecule has 0 radical (unpaired) electrons. The van der Waals surface area contributed by atoms with Crippen molar-refractivity contribution in [2.24, 2.45) is 0 Å². The van der Waals surface area contributed by atoms with Crippen LogP contribution in [0, 0.1) is 3.57 Å². The van der Waals surface area contributed by atoms with Crippen LogP contribution in [0.1, 0.15) is 24.8 Å². The van der Waals surface area contributed by atoms with Crippen molar-refractivity contribution in [1.82, 2.24) is 4.98 Å². The van der Waals surface area contributed by atoms with Crippen molar-refractivity contribution in [3.8, 4) is 10.6 Å². The first kappa shape index (κ1) is 16.8. The van der Waals surface area contributed by atoms with E-state index in [1.165, 1.54) is 18.4 Å². The van der Waals surface area contributed by atoms with E-state index in [-0.39, 0.29) is 11.9 Å². The van der Waals surface area contributed by atoms with Gasteiger partial charge in [0.25, 0.3) is 0 Å². The van der Waals surface area contributed by atoms with Crippen molar-refractivity contribution in [2.75, 3.05) is 7.11 Å². The molecule has 0 aliphatic rings. The number of aromatic nitrogens is 1. The van der Waals surface area contributed by atoms with Crippen LogP contribution in [0.4, 0.5) is 0 Å². The predicted molar refractivity (Wildman–Crippen MR) is 104 cm³/mol. The molecule has 0 bridgehead atoms. The van der Waals surface area contributed by atoms with Crippen molar-refractivity contribution in [1.29, 1.82) is 0 Å². The highest BCUT2D eigenvalue weighted by atomic mass is 127. The van der Waals surface area contributed by atoms with Crippen molar-refractivity contribution < 1.29 is 9.53 Å². The fourth-order valence-corrected chi connectivity index (χ4v) is 4.37. The highest BCUT2D eigenvalue weighted by Gasteiger charge is 2.27. The number of esters is 1. The summed E-state index contributed by atoms with van der Waals surface area (Å²) in [5.41, 5.74) is 2.96. The summed E-state index contributed by atoms with van der Waals surface area (Å²) in [6.45, 7) is 2.00. The van der Waals surface area contributed by atoms with E-state index in [1.807, 2.05) is 31.2 Å². The fourth-order valence-electron chi connectivity index (χ4n) is 2.82. The number of hydrogen-bond donors (Lipinski definition) is 1. The Morgan fingerprint density at radius 3 is 2.78 bits per heavy atom. The normalized spacial score (nSPS) is 12.5. The Morgan fingerprint density at radius 2 is 2.17 bits per heavy atom. The quantitative estimate of drug-likeness (QED) is 0.394. The van der Waals surface area contributed by atoms with Gasteiger partial charge in [0.15, 0.2) is 0 Å². The second-order valence-corrected chi connectivity index (χ2v) is 8.15. The molecular formula is C17H15ClINO2S. The average Bonchev–Trinajstić information content (AvgIpc) is 3.12. The molecule has 3 aromatic rings. The maximum Gasteiger partial charge on any atom is 0.313 e. The van der Waals surface area contributed by atoms with Gasteiger partial charge in [-0.2, -0.15) is 0 Å². The van der Waals surface area contributed by atoms with E-state index in [2.05, 4.69) is 33.6 Å². The topological polar surface area (TPSA) is 42.1 Å². The standard InChI is InChI=1S/C17H15ClINO2S/c1-3-10(17(21)22-2)15-11-8-9(19)4-5-12(11)20-16(15)13-6-7-14(18)23-13/h4-8,10,20H,3H2,1-2H3. The molecular weight excluding hydrogens is 445 g/mol. The largest absolute Gasteiger partial charge is 0.469 e. The van der Waals surface area contributed by atoms with Crippen LogP contribution in [0.5, 0.6) is 0 Å². The Labute approximate surface area is 157 Å². The molecule has 0 aliphatic carbocycles. The summed E-state index contributed by atoms with van der Waals surface area (Å²) in [4.78, 5) is 16.8. The number of carbonyl (C=O) groups excluding carboxylic acids is 1. The van der Waals surface area contributed by atoms with Gasteiger partial charge in [-0.25, -0.2) is 0 Å². The second kappa shape index (κ2) is 6.83. The predicted octanol–water partition coefficient (Wildman–Crippen LogP) is 5.82. The van der Waals surface area contributed by atoms with Crippen molar-refractivity contribution in [3.05, 3.63) is 43.8 Å². The Kier molecular flexibility index (Phi) is 4.98. The summed E-state index contributed by atoms with van der Waals surface area (Å²) in [6.07, 6.45) is 0.678. The maximum absolute atomic E-state index is 12.3. The van der Waals surface area contributed by atoms with Gasteiger partial charge in [-0.1, -0.05) is 18.5 Å². The number of carbonyl (C=O) groups is 1. The van der Waals surface area contributed by atoms with Gasteiger partial charge in [0.2, 0.25) is 0 Å². The van der Waals surface area contributed by atoms with Crippen LogP contribution in [-0.4, -0.2) is 18.1 Å². The second-order valence-electron chi connectivity index (χ2n) is 5.19. The Bertz CT molecular complexity index is 871. The van der Waals surface area contributed by atoms with Gasteiger partial charge >= 0.3 is 5.97 Å². The Morgan fingerprint density at radius 1 is 1.39 bits per heavy atom. The summed E-state index contributed by atoms with van der Waals surface area (Å²) in [5, 5.41) is 1.06. The zero-order valence-electron chi connectivity index (χ0n) is 12.7. The summed E-state index contributed by atoms with van der Waals surface area (Å²) >= 11 is 9.89. The van der Waals surface area contributed by atoms with Crippen molar-refractivity contribution >= 4 is 62.4 Å². The number of thiophene rings is 1. The number of ether oxygens (including phenoxy) is 1. The SMILES string of the molecule is CCC(C(=O)OC)c1c(-c2ccc(Cl)s2)[nH]c2ccc(I)cc12. The lowest BCUT2D eigenvalue weighted by molar-refractivity contribution is -0.142. The summed E-state index contributed by atoms with van der Waals surface area (Å²) < 4.78 is 6.88. The number of methoxy groups -OCH3 is 1. The molecule has 0 spiro atoms. The van der Waals surface area contributed by atoms with E-state index < -0.39 is 0 Å². The van der Waals surface area contributed by atoms with E-state index >= 15 is 0 Å². The first-order chi connectivity index (χ1) is 11.0. The zero-order valence-corrected chi connectivity index (χ0v) is 16.4. The minimum Gasteiger partial charge on any atom is -0.469 e. The molecule has 1 unspecified atom stereocenters. The third kappa shape index (κ3) is 3.14. The molecule has 1 aromatic carbocycles. The van der Waals surface area contributed by atoms with E-state index in [0.29, 0.717) is 6.42 Å². The zero-order chi connectivity index (χ0) is 16.6. The van der Waals surface area contributed by atoms with Crippen LogP contribution in [0.2, 0.25) is 4.34 Å². The Balaban J connectivity index is 2.30. The average molecular weight is 460 g/mol. The third-order valence-corrected chi connectivity index (χ3v) is 5.78. The molecule has 120 valence electrons. The lowest BCUT2D eigenvalue weighted by Gasteiger charge is -2.14. The van der Waals surface area contributed by atoms with Gasteiger partial charge in [0.05, 0.1) is 27.9 Å². The molecule has 3 rings (SSSR count). The lowest BCUT2D eigenvalue weighted by Crippen LogP contribution is -2.13. The molecule has 6 heteroatoms. The van der Waals surface area contributed by atoms with E-state index in [9.17, 15) is 4.79 Å². The summed E-state index contributed by atoms with van der Waals surface area (Å²) in [7, 11) is 1.44. The fraction of sp³-hybridized carbons (Fsp3) is 0.235. The highest BCUT2D eigenvalue weighted by molar-refractivity contribution is 14.1. The van der Waals surface area contributed by atoms with Crippen LogP contribution in [0.3, 0.4) is 0 Å². The van der Waals surface area contributed by atoms with Crippen molar-refractivity contribution in [3.63, 3.8) is 0 Å². The lowest BCUT2D eigenvalue weighted by atomic mass is 9.93. The first-order valence-electron chi connectivity index (χ1n) is 7.19. The molecule has 1 N–H and O–H groups in total. The minimum absolute atomic E-state index is 0.212. The van der Waals surface area contributed by atoms with E-state index in [0.717, 1.165) is 34.9 Å². The number of fused-ring (bicyclic) bond motifs is 1. The van der Waals surface area contributed by atoms with Gasteiger partial charge in [-0.15, -0.1) is 11.3 Å². The van der Waals surface area contributed by atoms with Crippen LogP contribution < -0.4 is 0 Å². The monoisotopic (exact) mass is 459 g/mol. The highest BCUT2D eigenvalue weighted by Crippen LogP contribution is 2.41. The van der Waals surface area contributed by atoms with Crippen molar-refractivity contribution in [2.45, 2.75) is 19.3 Å². The number of hydrogen-bond acceptors (Lipinski definition) is 3. The molecule has 23 heavy (non-hydrogen) atoms. The number of halogens is 2. The maximum atomic E-state index is 12.3. The number of nitrogens with one attached hydrogen (secondary N) is 1. The molecule has 0 aliphatic heterocycles. The van der Waals surface area contributed by atoms with Crippen LogP contribution in [0.25, 0.3) is 21.5 Å². The number of rotatable bonds is 4.